The number of halogens is 1. The van der Waals surface area contributed by atoms with Crippen molar-refractivity contribution in [2.45, 2.75) is 52.0 Å². The molecule has 126 valence electrons. The molecule has 0 heterocycles. The largest absolute Gasteiger partial charge is 0.351 e. The number of hydrogen-bond acceptors (Lipinski definition) is 2. The molecular weight excluding hydrogens is 295 g/mol. The predicted octanol–water partition coefficient (Wildman–Crippen LogP) is 3.49. The predicted molar refractivity (Wildman–Crippen MR) is 88.4 cm³/mol. The second kappa shape index (κ2) is 7.11. The van der Waals surface area contributed by atoms with Crippen molar-refractivity contribution in [3.8, 4) is 0 Å². The monoisotopic (exact) mass is 320 g/mol. The van der Waals surface area contributed by atoms with Gasteiger partial charge < -0.3 is 10.6 Å². The van der Waals surface area contributed by atoms with Gasteiger partial charge in [0, 0.05) is 23.1 Å². The second-order valence-electron chi connectivity index (χ2n) is 7.28. The van der Waals surface area contributed by atoms with E-state index in [0.29, 0.717) is 18.5 Å². The van der Waals surface area contributed by atoms with E-state index in [-0.39, 0.29) is 35.0 Å². The van der Waals surface area contributed by atoms with E-state index in [1.54, 1.807) is 12.1 Å². The lowest BCUT2D eigenvalue weighted by atomic mass is 9.81. The van der Waals surface area contributed by atoms with E-state index in [1.165, 1.54) is 12.1 Å². The van der Waals surface area contributed by atoms with E-state index >= 15 is 0 Å². The maximum Gasteiger partial charge on any atom is 0.227 e. The molecule has 1 aliphatic rings. The first-order valence-electron chi connectivity index (χ1n) is 8.13. The van der Waals surface area contributed by atoms with Crippen molar-refractivity contribution in [1.29, 1.82) is 0 Å². The first-order chi connectivity index (χ1) is 10.7. The van der Waals surface area contributed by atoms with Crippen LogP contribution in [0.25, 0.3) is 0 Å². The molecular formula is C18H25FN2O2. The Hall–Kier alpha value is -1.91. The van der Waals surface area contributed by atoms with E-state index in [1.807, 2.05) is 20.8 Å². The Balaban J connectivity index is 1.83. The highest BCUT2D eigenvalue weighted by molar-refractivity contribution is 5.92. The SMILES string of the molecule is CC(C)(C)NC(=O)C1CCC(C(=O)Nc2ccc(F)cc2)CC1. The van der Waals surface area contributed by atoms with E-state index in [9.17, 15) is 14.0 Å². The molecule has 0 atom stereocenters. The number of carbonyl (C=O) groups is 2. The minimum Gasteiger partial charge on any atom is -0.351 e. The van der Waals surface area contributed by atoms with Crippen LogP contribution >= 0.6 is 0 Å². The molecule has 0 aliphatic heterocycles. The Morgan fingerprint density at radius 3 is 1.91 bits per heavy atom. The van der Waals surface area contributed by atoms with E-state index in [4.69, 9.17) is 0 Å². The number of rotatable bonds is 3. The Labute approximate surface area is 136 Å². The van der Waals surface area contributed by atoms with Crippen LogP contribution < -0.4 is 10.6 Å². The maximum atomic E-state index is 12.9. The van der Waals surface area contributed by atoms with Crippen LogP contribution in [0.2, 0.25) is 0 Å². The van der Waals surface area contributed by atoms with E-state index in [2.05, 4.69) is 10.6 Å². The molecule has 2 amide bonds. The van der Waals surface area contributed by atoms with Crippen LogP contribution in [0.5, 0.6) is 0 Å². The van der Waals surface area contributed by atoms with Gasteiger partial charge in [0.1, 0.15) is 5.82 Å². The van der Waals surface area contributed by atoms with E-state index in [0.717, 1.165) is 12.8 Å². The van der Waals surface area contributed by atoms with Gasteiger partial charge in [0.05, 0.1) is 0 Å². The average Bonchev–Trinajstić information content (AvgIpc) is 2.48. The lowest BCUT2D eigenvalue weighted by molar-refractivity contribution is -0.129. The molecule has 0 aromatic heterocycles. The summed E-state index contributed by atoms with van der Waals surface area (Å²) in [6.45, 7) is 5.89. The molecule has 4 nitrogen and oxygen atoms in total. The number of hydrogen-bond donors (Lipinski definition) is 2. The molecule has 0 bridgehead atoms. The summed E-state index contributed by atoms with van der Waals surface area (Å²) < 4.78 is 12.9. The highest BCUT2D eigenvalue weighted by Gasteiger charge is 2.31. The fourth-order valence-electron chi connectivity index (χ4n) is 2.87. The number of anilines is 1. The number of amides is 2. The molecule has 5 heteroatoms. The molecule has 1 saturated carbocycles. The number of nitrogens with one attached hydrogen (secondary N) is 2. The average molecular weight is 320 g/mol. The molecule has 0 unspecified atom stereocenters. The molecule has 1 fully saturated rings. The van der Waals surface area contributed by atoms with Crippen LogP contribution in [0.4, 0.5) is 10.1 Å². The summed E-state index contributed by atoms with van der Waals surface area (Å²) in [6.07, 6.45) is 2.86. The quantitative estimate of drug-likeness (QED) is 0.896. The summed E-state index contributed by atoms with van der Waals surface area (Å²) in [5.41, 5.74) is 0.373. The zero-order valence-corrected chi connectivity index (χ0v) is 14.0. The van der Waals surface area contributed by atoms with Crippen molar-refractivity contribution >= 4 is 17.5 Å². The van der Waals surface area contributed by atoms with Crippen LogP contribution in [0.15, 0.2) is 24.3 Å². The van der Waals surface area contributed by atoms with Crippen molar-refractivity contribution in [2.75, 3.05) is 5.32 Å². The molecule has 2 rings (SSSR count). The van der Waals surface area contributed by atoms with Crippen LogP contribution in [-0.2, 0) is 9.59 Å². The highest BCUT2D eigenvalue weighted by atomic mass is 19.1. The Kier molecular flexibility index (Phi) is 5.39. The molecule has 0 saturated heterocycles. The van der Waals surface area contributed by atoms with Gasteiger partial charge in [-0.15, -0.1) is 0 Å². The third-order valence-corrected chi connectivity index (χ3v) is 4.08. The van der Waals surface area contributed by atoms with Crippen molar-refractivity contribution < 1.29 is 14.0 Å². The summed E-state index contributed by atoms with van der Waals surface area (Å²) in [5.74, 6) is -0.391. The lowest BCUT2D eigenvalue weighted by Gasteiger charge is -2.30. The summed E-state index contributed by atoms with van der Waals surface area (Å²) in [4.78, 5) is 24.4. The molecule has 0 spiro atoms. The first-order valence-corrected chi connectivity index (χ1v) is 8.13. The van der Waals surface area contributed by atoms with Gasteiger partial charge in [0.2, 0.25) is 11.8 Å². The standard InChI is InChI=1S/C18H25FN2O2/c1-18(2,3)21-17(23)13-6-4-12(5-7-13)16(22)20-15-10-8-14(19)9-11-15/h8-13H,4-7H2,1-3H3,(H,20,22)(H,21,23). The third kappa shape index (κ3) is 5.34. The fraction of sp³-hybridized carbons (Fsp3) is 0.556. The minimum absolute atomic E-state index is 0.0101. The van der Waals surface area contributed by atoms with Gasteiger partial charge in [-0.2, -0.15) is 0 Å². The molecule has 0 radical (unpaired) electrons. The summed E-state index contributed by atoms with van der Waals surface area (Å²) in [6, 6.07) is 5.75. The van der Waals surface area contributed by atoms with E-state index < -0.39 is 0 Å². The van der Waals surface area contributed by atoms with Gasteiger partial charge >= 0.3 is 0 Å². The van der Waals surface area contributed by atoms with Gasteiger partial charge in [-0.3, -0.25) is 9.59 Å². The second-order valence-corrected chi connectivity index (χ2v) is 7.28. The van der Waals surface area contributed by atoms with Crippen LogP contribution in [-0.4, -0.2) is 17.4 Å². The minimum atomic E-state index is -0.326. The van der Waals surface area contributed by atoms with Gasteiger partial charge in [0.15, 0.2) is 0 Å². The zero-order valence-electron chi connectivity index (χ0n) is 14.0. The fourth-order valence-corrected chi connectivity index (χ4v) is 2.87. The molecule has 1 aliphatic carbocycles. The molecule has 1 aromatic carbocycles. The van der Waals surface area contributed by atoms with Crippen molar-refractivity contribution in [2.24, 2.45) is 11.8 Å². The smallest absolute Gasteiger partial charge is 0.227 e. The summed E-state index contributed by atoms with van der Waals surface area (Å²) in [7, 11) is 0. The lowest BCUT2D eigenvalue weighted by Crippen LogP contribution is -2.45. The van der Waals surface area contributed by atoms with Gasteiger partial charge in [-0.05, 0) is 70.7 Å². The van der Waals surface area contributed by atoms with Gasteiger partial charge in [0.25, 0.3) is 0 Å². The van der Waals surface area contributed by atoms with Crippen LogP contribution in [0.3, 0.4) is 0 Å². The Morgan fingerprint density at radius 1 is 0.957 bits per heavy atom. The first kappa shape index (κ1) is 17.4. The number of benzene rings is 1. The Morgan fingerprint density at radius 2 is 1.43 bits per heavy atom. The molecule has 23 heavy (non-hydrogen) atoms. The van der Waals surface area contributed by atoms with Crippen LogP contribution in [0, 0.1) is 17.7 Å². The highest BCUT2D eigenvalue weighted by Crippen LogP contribution is 2.30. The van der Waals surface area contributed by atoms with Gasteiger partial charge in [-0.1, -0.05) is 0 Å². The van der Waals surface area contributed by atoms with Crippen molar-refractivity contribution in [3.05, 3.63) is 30.1 Å². The van der Waals surface area contributed by atoms with Crippen molar-refractivity contribution in [3.63, 3.8) is 0 Å². The zero-order chi connectivity index (χ0) is 17.0. The van der Waals surface area contributed by atoms with Crippen molar-refractivity contribution in [1.82, 2.24) is 5.32 Å². The topological polar surface area (TPSA) is 58.2 Å². The van der Waals surface area contributed by atoms with Gasteiger partial charge in [-0.25, -0.2) is 4.39 Å². The summed E-state index contributed by atoms with van der Waals surface area (Å²) >= 11 is 0. The van der Waals surface area contributed by atoms with Crippen LogP contribution in [0.1, 0.15) is 46.5 Å². The normalized spacial score (nSPS) is 21.6. The maximum absolute atomic E-state index is 12.9. The molecule has 2 N–H and O–H groups in total. The Bertz CT molecular complexity index is 555. The summed E-state index contributed by atoms with van der Waals surface area (Å²) in [5, 5.41) is 5.82. The third-order valence-electron chi connectivity index (χ3n) is 4.08. The molecule has 1 aromatic rings. The number of carbonyl (C=O) groups excluding carboxylic acids is 2.